The van der Waals surface area contributed by atoms with E-state index in [1.165, 1.54) is 0 Å². The van der Waals surface area contributed by atoms with Crippen LogP contribution in [0, 0.1) is 20.8 Å². The number of hydrogen-bond donors (Lipinski definition) is 0. The van der Waals surface area contributed by atoms with E-state index >= 15 is 0 Å². The summed E-state index contributed by atoms with van der Waals surface area (Å²) >= 11 is 0. The van der Waals surface area contributed by atoms with Crippen LogP contribution in [0.1, 0.15) is 17.2 Å². The van der Waals surface area contributed by atoms with Gasteiger partial charge in [-0.25, -0.2) is 0 Å². The topological polar surface area (TPSA) is 39.2 Å². The predicted molar refractivity (Wildman–Crippen MR) is 49.4 cm³/mol. The van der Waals surface area contributed by atoms with E-state index in [-0.39, 0.29) is 0 Å². The Balaban J connectivity index is 0.000000132. The maximum atomic E-state index is 4.83. The lowest BCUT2D eigenvalue weighted by Gasteiger charge is -1.69. The first kappa shape index (κ1) is 9.58. The second-order valence-corrected chi connectivity index (χ2v) is 2.80. The van der Waals surface area contributed by atoms with Gasteiger partial charge in [0.2, 0.25) is 0 Å². The van der Waals surface area contributed by atoms with Crippen molar-refractivity contribution in [2.24, 2.45) is 0 Å². The molecule has 2 aromatic rings. The monoisotopic (exact) mass is 179 g/mol. The zero-order valence-electron chi connectivity index (χ0n) is 8.07. The van der Waals surface area contributed by atoms with E-state index in [9.17, 15) is 0 Å². The van der Waals surface area contributed by atoms with Crippen molar-refractivity contribution >= 4 is 0 Å². The summed E-state index contributed by atoms with van der Waals surface area (Å²) in [4.78, 5) is 0. The van der Waals surface area contributed by atoms with Crippen molar-refractivity contribution in [1.29, 1.82) is 0 Å². The average Bonchev–Trinajstić information content (AvgIpc) is 2.64. The van der Waals surface area contributed by atoms with Gasteiger partial charge in [-0.15, -0.1) is 0 Å². The summed E-state index contributed by atoms with van der Waals surface area (Å²) in [5.74, 6) is 1.84. The average molecular weight is 179 g/mol. The molecule has 0 aliphatic rings. The Hall–Kier alpha value is -1.51. The van der Waals surface area contributed by atoms with Crippen molar-refractivity contribution in [3.05, 3.63) is 41.7 Å². The standard InChI is InChI=1S/C5H7NO.C5H6O/c1-4-3-5(2)7-6-4;1-5-3-2-4-6-5/h3H,1-2H3;2-4H,1H3. The molecule has 70 valence electrons. The van der Waals surface area contributed by atoms with Gasteiger partial charge in [-0.3, -0.25) is 0 Å². The Morgan fingerprint density at radius 3 is 2.08 bits per heavy atom. The van der Waals surface area contributed by atoms with Crippen LogP contribution in [0.2, 0.25) is 0 Å². The lowest BCUT2D eigenvalue weighted by atomic mass is 10.4. The van der Waals surface area contributed by atoms with E-state index in [2.05, 4.69) is 5.16 Å². The molecule has 0 aromatic carbocycles. The Labute approximate surface area is 77.3 Å². The SMILES string of the molecule is Cc1cc(C)on1.Cc1ccco1. The fourth-order valence-electron chi connectivity index (χ4n) is 0.852. The molecule has 0 spiro atoms. The molecule has 0 radical (unpaired) electrons. The zero-order valence-corrected chi connectivity index (χ0v) is 8.07. The number of hydrogen-bond acceptors (Lipinski definition) is 3. The molecule has 2 aromatic heterocycles. The maximum absolute atomic E-state index is 4.83. The molecular weight excluding hydrogens is 166 g/mol. The second-order valence-electron chi connectivity index (χ2n) is 2.80. The number of aryl methyl sites for hydroxylation is 3. The highest BCUT2D eigenvalue weighted by molar-refractivity contribution is 4.99. The minimum absolute atomic E-state index is 0.873. The molecule has 0 atom stereocenters. The first-order chi connectivity index (χ1) is 6.18. The van der Waals surface area contributed by atoms with E-state index in [1.54, 1.807) is 6.26 Å². The van der Waals surface area contributed by atoms with E-state index in [0.29, 0.717) is 0 Å². The van der Waals surface area contributed by atoms with Crippen molar-refractivity contribution in [2.45, 2.75) is 20.8 Å². The van der Waals surface area contributed by atoms with Crippen molar-refractivity contribution in [3.8, 4) is 0 Å². The molecule has 0 N–H and O–H groups in total. The molecule has 2 rings (SSSR count). The van der Waals surface area contributed by atoms with E-state index < -0.39 is 0 Å². The molecule has 0 unspecified atom stereocenters. The lowest BCUT2D eigenvalue weighted by molar-refractivity contribution is 0.393. The van der Waals surface area contributed by atoms with E-state index in [4.69, 9.17) is 8.94 Å². The molecule has 0 amide bonds. The number of aromatic nitrogens is 1. The Bertz CT molecular complexity index is 319. The van der Waals surface area contributed by atoms with Gasteiger partial charge in [0.25, 0.3) is 0 Å². The van der Waals surface area contributed by atoms with Crippen LogP contribution in [-0.4, -0.2) is 5.16 Å². The Morgan fingerprint density at radius 2 is 1.92 bits per heavy atom. The van der Waals surface area contributed by atoms with E-state index in [0.717, 1.165) is 17.2 Å². The lowest BCUT2D eigenvalue weighted by Crippen LogP contribution is -1.59. The van der Waals surface area contributed by atoms with Crippen LogP contribution in [0.4, 0.5) is 0 Å². The van der Waals surface area contributed by atoms with Gasteiger partial charge in [-0.1, -0.05) is 5.16 Å². The summed E-state index contributed by atoms with van der Waals surface area (Å²) in [6, 6.07) is 5.68. The molecule has 0 saturated heterocycles. The second kappa shape index (κ2) is 4.50. The van der Waals surface area contributed by atoms with Crippen LogP contribution in [0.3, 0.4) is 0 Å². The van der Waals surface area contributed by atoms with Gasteiger partial charge < -0.3 is 8.94 Å². The van der Waals surface area contributed by atoms with Crippen LogP contribution < -0.4 is 0 Å². The van der Waals surface area contributed by atoms with Gasteiger partial charge in [0.1, 0.15) is 11.5 Å². The third-order valence-electron chi connectivity index (χ3n) is 1.41. The molecule has 2 heterocycles. The van der Waals surface area contributed by atoms with Crippen LogP contribution in [0.5, 0.6) is 0 Å². The van der Waals surface area contributed by atoms with Gasteiger partial charge in [-0.2, -0.15) is 0 Å². The third-order valence-corrected chi connectivity index (χ3v) is 1.41. The van der Waals surface area contributed by atoms with E-state index in [1.807, 2.05) is 39.0 Å². The molecule has 0 bridgehead atoms. The fourth-order valence-corrected chi connectivity index (χ4v) is 0.852. The fraction of sp³-hybridized carbons (Fsp3) is 0.300. The van der Waals surface area contributed by atoms with Gasteiger partial charge in [0.15, 0.2) is 0 Å². The van der Waals surface area contributed by atoms with Crippen molar-refractivity contribution in [1.82, 2.24) is 5.16 Å². The van der Waals surface area contributed by atoms with Crippen molar-refractivity contribution in [3.63, 3.8) is 0 Å². The van der Waals surface area contributed by atoms with Crippen LogP contribution >= 0.6 is 0 Å². The Kier molecular flexibility index (Phi) is 3.31. The predicted octanol–water partition coefficient (Wildman–Crippen LogP) is 2.88. The van der Waals surface area contributed by atoms with Crippen LogP contribution in [0.25, 0.3) is 0 Å². The van der Waals surface area contributed by atoms with Crippen LogP contribution in [0.15, 0.2) is 33.4 Å². The summed E-state index contributed by atoms with van der Waals surface area (Å²) < 4.78 is 9.55. The third kappa shape index (κ3) is 3.60. The van der Waals surface area contributed by atoms with Gasteiger partial charge in [0, 0.05) is 6.07 Å². The first-order valence-electron chi connectivity index (χ1n) is 4.08. The highest BCUT2D eigenvalue weighted by Gasteiger charge is 1.88. The number of rotatable bonds is 0. The summed E-state index contributed by atoms with van der Waals surface area (Å²) in [7, 11) is 0. The molecule has 0 aliphatic carbocycles. The minimum atomic E-state index is 0.873. The molecule has 0 fully saturated rings. The molecule has 3 nitrogen and oxygen atoms in total. The van der Waals surface area contributed by atoms with Crippen LogP contribution in [-0.2, 0) is 0 Å². The molecule has 13 heavy (non-hydrogen) atoms. The summed E-state index contributed by atoms with van der Waals surface area (Å²) in [6.07, 6.45) is 1.66. The minimum Gasteiger partial charge on any atom is -0.470 e. The van der Waals surface area contributed by atoms with Crippen molar-refractivity contribution < 1.29 is 8.94 Å². The van der Waals surface area contributed by atoms with Gasteiger partial charge in [0.05, 0.1) is 12.0 Å². The summed E-state index contributed by atoms with van der Waals surface area (Å²) in [5.41, 5.74) is 0.942. The normalized spacial score (nSPS) is 9.15. The smallest absolute Gasteiger partial charge is 0.133 e. The largest absolute Gasteiger partial charge is 0.470 e. The van der Waals surface area contributed by atoms with Gasteiger partial charge in [-0.05, 0) is 32.9 Å². The highest BCUT2D eigenvalue weighted by Crippen LogP contribution is 1.97. The summed E-state index contributed by atoms with van der Waals surface area (Å²) in [6.45, 7) is 5.69. The van der Waals surface area contributed by atoms with Crippen molar-refractivity contribution in [2.75, 3.05) is 0 Å². The quantitative estimate of drug-likeness (QED) is 0.624. The molecular formula is C10H13NO2. The molecule has 3 heteroatoms. The number of nitrogens with zero attached hydrogens (tertiary/aromatic N) is 1. The molecule has 0 saturated carbocycles. The Morgan fingerprint density at radius 1 is 1.15 bits per heavy atom. The first-order valence-corrected chi connectivity index (χ1v) is 4.08. The zero-order chi connectivity index (χ0) is 9.68. The summed E-state index contributed by atoms with van der Waals surface area (Å²) in [5, 5.41) is 3.64. The van der Waals surface area contributed by atoms with Gasteiger partial charge >= 0.3 is 0 Å². The highest BCUT2D eigenvalue weighted by atomic mass is 16.5. The molecule has 0 aliphatic heterocycles. The maximum Gasteiger partial charge on any atom is 0.133 e. The number of furan rings is 1.